The average molecular weight is 369 g/mol. The second kappa shape index (κ2) is 4.48. The van der Waals surface area contributed by atoms with Crippen molar-refractivity contribution >= 4 is 28.2 Å². The molecule has 0 aromatic carbocycles. The van der Waals surface area contributed by atoms with E-state index in [-0.39, 0.29) is 5.56 Å². The molecule has 19 heavy (non-hydrogen) atoms. The number of hydrogen-bond acceptors (Lipinski definition) is 3. The number of nitrogens with zero attached hydrogens (tertiary/aromatic N) is 4. The molecule has 0 fully saturated rings. The molecule has 0 radical (unpaired) electrons. The van der Waals surface area contributed by atoms with Crippen LogP contribution in [-0.4, -0.2) is 24.1 Å². The molecule has 3 aromatic rings. The Morgan fingerprint density at radius 3 is 2.89 bits per heavy atom. The van der Waals surface area contributed by atoms with Gasteiger partial charge in [0.05, 0.1) is 6.20 Å². The van der Waals surface area contributed by atoms with Gasteiger partial charge in [0.2, 0.25) is 0 Å². The zero-order chi connectivity index (χ0) is 13.6. The van der Waals surface area contributed by atoms with E-state index in [1.165, 1.54) is 4.52 Å². The Bertz CT molecular complexity index is 813. The summed E-state index contributed by atoms with van der Waals surface area (Å²) < 4.78 is 4.34. The lowest BCUT2D eigenvalue weighted by atomic mass is 10.2. The molecule has 6 nitrogen and oxygen atoms in total. The van der Waals surface area contributed by atoms with Crippen molar-refractivity contribution in [3.63, 3.8) is 0 Å². The summed E-state index contributed by atoms with van der Waals surface area (Å²) in [5.74, 6) is 0. The smallest absolute Gasteiger partial charge is 0.276 e. The third-order valence-electron chi connectivity index (χ3n) is 3.15. The van der Waals surface area contributed by atoms with E-state index in [1.54, 1.807) is 18.7 Å². The van der Waals surface area contributed by atoms with Gasteiger partial charge in [0, 0.05) is 17.5 Å². The molecular formula is C12H12IN5O. The van der Waals surface area contributed by atoms with E-state index in [2.05, 4.69) is 37.7 Å². The lowest BCUT2D eigenvalue weighted by molar-refractivity contribution is 0.852. The fourth-order valence-corrected chi connectivity index (χ4v) is 2.73. The molecule has 3 rings (SSSR count). The molecule has 1 N–H and O–H groups in total. The first-order chi connectivity index (χ1) is 9.13. The number of hydrogen-bond donors (Lipinski definition) is 1. The molecule has 0 atom stereocenters. The van der Waals surface area contributed by atoms with E-state index >= 15 is 0 Å². The van der Waals surface area contributed by atoms with Crippen molar-refractivity contribution in [1.82, 2.24) is 24.1 Å². The second-order valence-electron chi connectivity index (χ2n) is 4.24. The first-order valence-corrected chi connectivity index (χ1v) is 6.99. The number of H-pyrrole nitrogens is 1. The third-order valence-corrected chi connectivity index (χ3v) is 3.95. The van der Waals surface area contributed by atoms with Crippen LogP contribution in [0.4, 0.5) is 0 Å². The van der Waals surface area contributed by atoms with E-state index in [1.807, 2.05) is 18.4 Å². The fourth-order valence-electron chi connectivity index (χ4n) is 2.18. The molecule has 0 aliphatic heterocycles. The lowest BCUT2D eigenvalue weighted by Gasteiger charge is -2.04. The molecule has 0 bridgehead atoms. The van der Waals surface area contributed by atoms with Crippen molar-refractivity contribution in [3.05, 3.63) is 44.0 Å². The van der Waals surface area contributed by atoms with Crippen LogP contribution in [0, 0.1) is 10.6 Å². The van der Waals surface area contributed by atoms with Crippen LogP contribution in [0.1, 0.15) is 18.2 Å². The van der Waals surface area contributed by atoms with Crippen LogP contribution in [0.15, 0.2) is 23.5 Å². The Morgan fingerprint density at radius 1 is 1.47 bits per heavy atom. The first kappa shape index (κ1) is 12.4. The van der Waals surface area contributed by atoms with Gasteiger partial charge < -0.3 is 0 Å². The van der Waals surface area contributed by atoms with Crippen LogP contribution in [0.5, 0.6) is 0 Å². The van der Waals surface area contributed by atoms with Crippen molar-refractivity contribution in [1.29, 1.82) is 0 Å². The molecule has 0 unspecified atom stereocenters. The van der Waals surface area contributed by atoms with Crippen LogP contribution in [0.25, 0.3) is 11.3 Å². The van der Waals surface area contributed by atoms with Gasteiger partial charge in [-0.3, -0.25) is 14.5 Å². The lowest BCUT2D eigenvalue weighted by Crippen LogP contribution is -2.21. The molecular weight excluding hydrogens is 357 g/mol. The summed E-state index contributed by atoms with van der Waals surface area (Å²) in [6.07, 6.45) is 5.92. The molecule has 3 heterocycles. The van der Waals surface area contributed by atoms with Gasteiger partial charge in [-0.1, -0.05) is 6.92 Å². The van der Waals surface area contributed by atoms with Crippen LogP contribution < -0.4 is 5.56 Å². The molecule has 3 aromatic heterocycles. The van der Waals surface area contributed by atoms with Gasteiger partial charge in [0.15, 0.2) is 5.65 Å². The predicted molar refractivity (Wildman–Crippen MR) is 79.8 cm³/mol. The summed E-state index contributed by atoms with van der Waals surface area (Å²) in [7, 11) is 0. The number of aromatic amines is 1. The molecule has 0 aliphatic rings. The monoisotopic (exact) mass is 369 g/mol. The highest BCUT2D eigenvalue weighted by atomic mass is 127. The van der Waals surface area contributed by atoms with Gasteiger partial charge in [-0.15, -0.1) is 0 Å². The van der Waals surface area contributed by atoms with Crippen molar-refractivity contribution in [3.8, 4) is 5.69 Å². The summed E-state index contributed by atoms with van der Waals surface area (Å²) in [4.78, 5) is 20.9. The zero-order valence-corrected chi connectivity index (χ0v) is 12.7. The van der Waals surface area contributed by atoms with Gasteiger partial charge >= 0.3 is 0 Å². The summed E-state index contributed by atoms with van der Waals surface area (Å²) in [5.41, 5.74) is 2.93. The number of aryl methyl sites for hydroxylation is 1. The SMILES string of the molecule is CCc1c(C)nc2c(-n3cncc3I)c[nH]n2c1=O. The van der Waals surface area contributed by atoms with Crippen LogP contribution in [0.2, 0.25) is 0 Å². The zero-order valence-electron chi connectivity index (χ0n) is 10.5. The number of nitrogens with one attached hydrogen (secondary N) is 1. The summed E-state index contributed by atoms with van der Waals surface area (Å²) in [6.45, 7) is 3.83. The molecule has 0 amide bonds. The Labute approximate surface area is 122 Å². The standard InChI is InChI=1S/C12H12IN5O/c1-3-8-7(2)16-11-9(4-15-18(11)12(8)19)17-6-14-5-10(17)13/h4-6,15H,3H2,1-2H3. The highest BCUT2D eigenvalue weighted by molar-refractivity contribution is 14.1. The Hall–Kier alpha value is -1.64. The van der Waals surface area contributed by atoms with Crippen LogP contribution in [-0.2, 0) is 6.42 Å². The Balaban J connectivity index is 2.37. The van der Waals surface area contributed by atoms with E-state index in [9.17, 15) is 4.79 Å². The summed E-state index contributed by atoms with van der Waals surface area (Å²) in [5, 5.41) is 2.96. The number of imidazole rings is 1. The van der Waals surface area contributed by atoms with Gasteiger partial charge in [-0.2, -0.15) is 4.52 Å². The van der Waals surface area contributed by atoms with Gasteiger partial charge in [0.25, 0.3) is 5.56 Å². The fraction of sp³-hybridized carbons (Fsp3) is 0.250. The normalized spacial score (nSPS) is 11.3. The minimum absolute atomic E-state index is 0.0358. The Kier molecular flexibility index (Phi) is 2.92. The molecule has 0 saturated carbocycles. The van der Waals surface area contributed by atoms with Crippen molar-refractivity contribution < 1.29 is 0 Å². The first-order valence-electron chi connectivity index (χ1n) is 5.91. The quantitative estimate of drug-likeness (QED) is 0.699. The maximum absolute atomic E-state index is 12.3. The molecule has 7 heteroatoms. The van der Waals surface area contributed by atoms with Crippen LogP contribution >= 0.6 is 22.6 Å². The molecule has 0 saturated heterocycles. The average Bonchev–Trinajstić information content (AvgIpc) is 2.96. The molecule has 98 valence electrons. The number of rotatable bonds is 2. The number of fused-ring (bicyclic) bond motifs is 1. The Morgan fingerprint density at radius 2 is 2.26 bits per heavy atom. The van der Waals surface area contributed by atoms with E-state index in [0.717, 1.165) is 20.6 Å². The maximum atomic E-state index is 12.3. The largest absolute Gasteiger partial charge is 0.295 e. The number of aromatic nitrogens is 5. The minimum Gasteiger partial charge on any atom is -0.295 e. The minimum atomic E-state index is -0.0358. The highest BCUT2D eigenvalue weighted by Crippen LogP contribution is 2.17. The van der Waals surface area contributed by atoms with Crippen molar-refractivity contribution in [2.24, 2.45) is 0 Å². The van der Waals surface area contributed by atoms with Gasteiger partial charge in [0.1, 0.15) is 15.7 Å². The highest BCUT2D eigenvalue weighted by Gasteiger charge is 2.14. The topological polar surface area (TPSA) is 68.0 Å². The van der Waals surface area contributed by atoms with E-state index < -0.39 is 0 Å². The van der Waals surface area contributed by atoms with Crippen molar-refractivity contribution in [2.45, 2.75) is 20.3 Å². The van der Waals surface area contributed by atoms with Crippen LogP contribution in [0.3, 0.4) is 0 Å². The summed E-state index contributed by atoms with van der Waals surface area (Å²) in [6, 6.07) is 0. The summed E-state index contributed by atoms with van der Waals surface area (Å²) >= 11 is 2.19. The van der Waals surface area contributed by atoms with E-state index in [4.69, 9.17) is 0 Å². The molecule has 0 aliphatic carbocycles. The third kappa shape index (κ3) is 1.79. The second-order valence-corrected chi connectivity index (χ2v) is 5.34. The van der Waals surface area contributed by atoms with Crippen molar-refractivity contribution in [2.75, 3.05) is 0 Å². The molecule has 0 spiro atoms. The number of halogens is 1. The maximum Gasteiger partial charge on any atom is 0.276 e. The van der Waals surface area contributed by atoms with Gasteiger partial charge in [-0.25, -0.2) is 9.97 Å². The predicted octanol–water partition coefficient (Wildman–Crippen LogP) is 1.68. The van der Waals surface area contributed by atoms with E-state index in [0.29, 0.717) is 12.1 Å². The van der Waals surface area contributed by atoms with Gasteiger partial charge in [-0.05, 0) is 35.9 Å².